The Labute approximate surface area is 101 Å². The molecule has 0 saturated carbocycles. The third kappa shape index (κ3) is 3.44. The highest BCUT2D eigenvalue weighted by molar-refractivity contribution is 4.85. The third-order valence-electron chi connectivity index (χ3n) is 4.11. The van der Waals surface area contributed by atoms with E-state index in [1.807, 2.05) is 0 Å². The number of piperazine rings is 1. The molecule has 0 radical (unpaired) electrons. The van der Waals surface area contributed by atoms with E-state index in [9.17, 15) is 0 Å². The van der Waals surface area contributed by atoms with Crippen LogP contribution in [0.5, 0.6) is 0 Å². The Hall–Kier alpha value is -0.120. The molecule has 3 atom stereocenters. The van der Waals surface area contributed by atoms with E-state index in [1.165, 1.54) is 26.1 Å². The molecule has 0 spiro atoms. The maximum Gasteiger partial charge on any atom is 0.0219 e. The summed E-state index contributed by atoms with van der Waals surface area (Å²) in [7, 11) is 2.25. The molecule has 1 N–H and O–H groups in total. The molecule has 1 saturated heterocycles. The van der Waals surface area contributed by atoms with Crippen LogP contribution >= 0.6 is 0 Å². The number of hydrogen-bond donors (Lipinski definition) is 1. The topological polar surface area (TPSA) is 18.5 Å². The van der Waals surface area contributed by atoms with Gasteiger partial charge < -0.3 is 10.2 Å². The fourth-order valence-electron chi connectivity index (χ4n) is 2.59. The molecule has 1 fully saturated rings. The summed E-state index contributed by atoms with van der Waals surface area (Å²) in [5.74, 6) is 0. The Morgan fingerprint density at radius 2 is 1.94 bits per heavy atom. The van der Waals surface area contributed by atoms with Gasteiger partial charge >= 0.3 is 0 Å². The van der Waals surface area contributed by atoms with Gasteiger partial charge in [-0.1, -0.05) is 13.8 Å². The Bertz CT molecular complexity index is 196. The molecule has 1 heterocycles. The van der Waals surface area contributed by atoms with Crippen molar-refractivity contribution in [2.24, 2.45) is 0 Å². The highest BCUT2D eigenvalue weighted by atomic mass is 15.3. The third-order valence-corrected chi connectivity index (χ3v) is 4.11. The summed E-state index contributed by atoms with van der Waals surface area (Å²) >= 11 is 0. The van der Waals surface area contributed by atoms with Crippen molar-refractivity contribution in [1.29, 1.82) is 0 Å². The van der Waals surface area contributed by atoms with Crippen LogP contribution in [-0.2, 0) is 0 Å². The number of hydrogen-bond acceptors (Lipinski definition) is 3. The first-order valence-electron chi connectivity index (χ1n) is 6.77. The Morgan fingerprint density at radius 3 is 2.50 bits per heavy atom. The number of likely N-dealkylation sites (N-methyl/N-ethyl adjacent to an activating group) is 2. The van der Waals surface area contributed by atoms with E-state index in [0.717, 1.165) is 12.6 Å². The fourth-order valence-corrected chi connectivity index (χ4v) is 2.59. The first-order valence-corrected chi connectivity index (χ1v) is 6.77. The van der Waals surface area contributed by atoms with Crippen LogP contribution in [0.3, 0.4) is 0 Å². The lowest BCUT2D eigenvalue weighted by atomic mass is 10.0. The Kier molecular flexibility index (Phi) is 5.73. The molecule has 0 bridgehead atoms. The number of nitrogens with zero attached hydrogens (tertiary/aromatic N) is 2. The maximum absolute atomic E-state index is 3.53. The van der Waals surface area contributed by atoms with E-state index >= 15 is 0 Å². The van der Waals surface area contributed by atoms with Crippen LogP contribution in [0.15, 0.2) is 0 Å². The second-order valence-corrected chi connectivity index (χ2v) is 5.12. The monoisotopic (exact) mass is 227 g/mol. The summed E-state index contributed by atoms with van der Waals surface area (Å²) in [6, 6.07) is 1.97. The molecule has 0 aliphatic carbocycles. The van der Waals surface area contributed by atoms with Crippen LogP contribution in [0.4, 0.5) is 0 Å². The van der Waals surface area contributed by atoms with E-state index in [4.69, 9.17) is 0 Å². The van der Waals surface area contributed by atoms with Crippen LogP contribution in [0.2, 0.25) is 0 Å². The van der Waals surface area contributed by atoms with Crippen LogP contribution in [0.1, 0.15) is 34.1 Å². The molecule has 3 nitrogen and oxygen atoms in total. The average molecular weight is 227 g/mol. The van der Waals surface area contributed by atoms with E-state index in [0.29, 0.717) is 12.1 Å². The molecule has 3 unspecified atom stereocenters. The largest absolute Gasteiger partial charge is 0.313 e. The van der Waals surface area contributed by atoms with Gasteiger partial charge in [0.2, 0.25) is 0 Å². The highest BCUT2D eigenvalue weighted by Crippen LogP contribution is 2.14. The van der Waals surface area contributed by atoms with Gasteiger partial charge in [-0.2, -0.15) is 0 Å². The first kappa shape index (κ1) is 13.9. The lowest BCUT2D eigenvalue weighted by Gasteiger charge is -2.43. The van der Waals surface area contributed by atoms with Crippen molar-refractivity contribution >= 4 is 0 Å². The van der Waals surface area contributed by atoms with E-state index in [-0.39, 0.29) is 0 Å². The van der Waals surface area contributed by atoms with Crippen molar-refractivity contribution in [2.45, 2.75) is 52.2 Å². The van der Waals surface area contributed by atoms with Gasteiger partial charge in [0.15, 0.2) is 0 Å². The number of rotatable bonds is 5. The molecule has 0 aromatic rings. The lowest BCUT2D eigenvalue weighted by molar-refractivity contribution is 0.0572. The maximum atomic E-state index is 3.53. The minimum atomic E-state index is 0.589. The van der Waals surface area contributed by atoms with Gasteiger partial charge in [-0.25, -0.2) is 0 Å². The average Bonchev–Trinajstić information content (AvgIpc) is 2.29. The summed E-state index contributed by atoms with van der Waals surface area (Å²) in [5, 5.41) is 3.53. The predicted octanol–water partition coefficient (Wildman–Crippen LogP) is 1.40. The molecule has 16 heavy (non-hydrogen) atoms. The van der Waals surface area contributed by atoms with Gasteiger partial charge in [-0.15, -0.1) is 0 Å². The normalized spacial score (nSPS) is 27.9. The zero-order chi connectivity index (χ0) is 12.1. The van der Waals surface area contributed by atoms with Gasteiger partial charge in [-0.3, -0.25) is 4.90 Å². The van der Waals surface area contributed by atoms with Crippen LogP contribution in [0, 0.1) is 0 Å². The Morgan fingerprint density at radius 1 is 1.25 bits per heavy atom. The van der Waals surface area contributed by atoms with Crippen molar-refractivity contribution in [3.8, 4) is 0 Å². The van der Waals surface area contributed by atoms with Crippen molar-refractivity contribution < 1.29 is 0 Å². The van der Waals surface area contributed by atoms with Crippen molar-refractivity contribution in [3.63, 3.8) is 0 Å². The predicted molar refractivity (Wildman–Crippen MR) is 70.9 cm³/mol. The van der Waals surface area contributed by atoms with Gasteiger partial charge in [-0.05, 0) is 33.9 Å². The summed E-state index contributed by atoms with van der Waals surface area (Å²) in [5.41, 5.74) is 0. The quantitative estimate of drug-likeness (QED) is 0.766. The van der Waals surface area contributed by atoms with E-state index in [1.54, 1.807) is 0 Å². The van der Waals surface area contributed by atoms with Crippen LogP contribution in [-0.4, -0.2) is 61.2 Å². The summed E-state index contributed by atoms with van der Waals surface area (Å²) in [6.07, 6.45) is 1.26. The summed E-state index contributed by atoms with van der Waals surface area (Å²) in [6.45, 7) is 13.8. The smallest absolute Gasteiger partial charge is 0.0219 e. The second-order valence-electron chi connectivity index (χ2n) is 5.12. The lowest BCUT2D eigenvalue weighted by Crippen LogP contribution is -2.57. The van der Waals surface area contributed by atoms with Crippen molar-refractivity contribution in [2.75, 3.05) is 33.2 Å². The number of nitrogens with one attached hydrogen (secondary N) is 1. The van der Waals surface area contributed by atoms with Crippen molar-refractivity contribution in [3.05, 3.63) is 0 Å². The molecule has 0 aromatic carbocycles. The van der Waals surface area contributed by atoms with Crippen molar-refractivity contribution in [1.82, 2.24) is 15.1 Å². The second kappa shape index (κ2) is 6.58. The highest BCUT2D eigenvalue weighted by Gasteiger charge is 2.27. The van der Waals surface area contributed by atoms with Crippen LogP contribution in [0.25, 0.3) is 0 Å². The minimum absolute atomic E-state index is 0.589. The molecule has 0 aromatic heterocycles. The molecule has 1 aliphatic rings. The minimum Gasteiger partial charge on any atom is -0.313 e. The zero-order valence-corrected chi connectivity index (χ0v) is 11.7. The summed E-state index contributed by atoms with van der Waals surface area (Å²) in [4.78, 5) is 5.14. The fraction of sp³-hybridized carbons (Fsp3) is 1.00. The molecule has 0 amide bonds. The Balaban J connectivity index is 2.47. The molecule has 3 heteroatoms. The molecule has 96 valence electrons. The van der Waals surface area contributed by atoms with Gasteiger partial charge in [0.05, 0.1) is 0 Å². The summed E-state index contributed by atoms with van der Waals surface area (Å²) < 4.78 is 0. The van der Waals surface area contributed by atoms with Gasteiger partial charge in [0.25, 0.3) is 0 Å². The molecule has 1 rings (SSSR count). The van der Waals surface area contributed by atoms with Crippen LogP contribution < -0.4 is 5.32 Å². The van der Waals surface area contributed by atoms with E-state index < -0.39 is 0 Å². The molecule has 1 aliphatic heterocycles. The molecular weight excluding hydrogens is 198 g/mol. The van der Waals surface area contributed by atoms with Gasteiger partial charge in [0, 0.05) is 37.8 Å². The first-order chi connectivity index (χ1) is 7.60. The standard InChI is InChI=1S/C13H29N3/c1-6-13-10-16(9-8-15(13)5)12(4)11(3)14-7-2/h11-14H,6-10H2,1-5H3. The molecular formula is C13H29N3. The van der Waals surface area contributed by atoms with Gasteiger partial charge in [0.1, 0.15) is 0 Å². The van der Waals surface area contributed by atoms with E-state index in [2.05, 4.69) is 49.9 Å². The SMILES string of the molecule is CCNC(C)C(C)N1CCN(C)C(CC)C1. The zero-order valence-electron chi connectivity index (χ0n) is 11.7.